The summed E-state index contributed by atoms with van der Waals surface area (Å²) in [6, 6.07) is 4.18. The zero-order chi connectivity index (χ0) is 10.5. The van der Waals surface area contributed by atoms with Crippen LogP contribution in [0.2, 0.25) is 0 Å². The van der Waals surface area contributed by atoms with Gasteiger partial charge in [-0.3, -0.25) is 0 Å². The summed E-state index contributed by atoms with van der Waals surface area (Å²) in [6.07, 6.45) is 9.18. The Balaban J connectivity index is 2.06. The number of ether oxygens (including phenoxy) is 1. The van der Waals surface area contributed by atoms with Gasteiger partial charge in [-0.2, -0.15) is 0 Å². The molecular weight excluding hydrogens is 188 g/mol. The minimum Gasteiger partial charge on any atom is -0.381 e. The van der Waals surface area contributed by atoms with Crippen LogP contribution in [0, 0.1) is 12.3 Å². The molecule has 0 atom stereocenters. The van der Waals surface area contributed by atoms with Gasteiger partial charge in [-0.05, 0) is 25.0 Å². The van der Waals surface area contributed by atoms with E-state index in [9.17, 15) is 0 Å². The molecule has 1 fully saturated rings. The molecule has 0 spiro atoms. The van der Waals surface area contributed by atoms with Crippen LogP contribution in [0.3, 0.4) is 0 Å². The highest BCUT2D eigenvalue weighted by atomic mass is 16.5. The minimum atomic E-state index is 0.431. The van der Waals surface area contributed by atoms with Crippen molar-refractivity contribution in [3.8, 4) is 12.3 Å². The van der Waals surface area contributed by atoms with Crippen molar-refractivity contribution in [2.24, 2.45) is 0 Å². The van der Waals surface area contributed by atoms with E-state index in [4.69, 9.17) is 11.2 Å². The summed E-state index contributed by atoms with van der Waals surface area (Å²) in [5, 5.41) is 3.37. The Labute approximate surface area is 89.9 Å². The number of pyridine rings is 1. The lowest BCUT2D eigenvalue weighted by Crippen LogP contribution is -2.28. The zero-order valence-corrected chi connectivity index (χ0v) is 8.57. The second-order valence-electron chi connectivity index (χ2n) is 3.57. The van der Waals surface area contributed by atoms with Gasteiger partial charge < -0.3 is 10.1 Å². The molecule has 2 rings (SSSR count). The molecule has 1 aliphatic heterocycles. The molecular formula is C12H14N2O. The van der Waals surface area contributed by atoms with Crippen molar-refractivity contribution >= 4 is 5.82 Å². The number of nitrogens with zero attached hydrogens (tertiary/aromatic N) is 1. The topological polar surface area (TPSA) is 34.2 Å². The monoisotopic (exact) mass is 202 g/mol. The molecule has 3 heteroatoms. The lowest BCUT2D eigenvalue weighted by atomic mass is 10.1. The van der Waals surface area contributed by atoms with E-state index in [2.05, 4.69) is 16.2 Å². The minimum absolute atomic E-state index is 0.431. The molecule has 0 bridgehead atoms. The number of hydrogen-bond donors (Lipinski definition) is 1. The van der Waals surface area contributed by atoms with Crippen LogP contribution < -0.4 is 5.32 Å². The summed E-state index contributed by atoms with van der Waals surface area (Å²) in [5.74, 6) is 3.44. The predicted octanol–water partition coefficient (Wildman–Crippen LogP) is 1.65. The second kappa shape index (κ2) is 4.81. The van der Waals surface area contributed by atoms with Crippen LogP contribution in [0.15, 0.2) is 18.3 Å². The summed E-state index contributed by atoms with van der Waals surface area (Å²) >= 11 is 0. The Morgan fingerprint density at radius 3 is 3.00 bits per heavy atom. The normalized spacial score (nSPS) is 17.0. The maximum Gasteiger partial charge on any atom is 0.141 e. The van der Waals surface area contributed by atoms with Crippen LogP contribution in [0.25, 0.3) is 0 Å². The second-order valence-corrected chi connectivity index (χ2v) is 3.57. The van der Waals surface area contributed by atoms with Crippen molar-refractivity contribution < 1.29 is 4.74 Å². The third-order valence-corrected chi connectivity index (χ3v) is 2.53. The number of terminal acetylenes is 1. The van der Waals surface area contributed by atoms with Crippen molar-refractivity contribution in [1.29, 1.82) is 0 Å². The Morgan fingerprint density at radius 2 is 2.27 bits per heavy atom. The number of anilines is 1. The highest BCUT2D eigenvalue weighted by Crippen LogP contribution is 2.15. The molecule has 78 valence electrons. The van der Waals surface area contributed by atoms with E-state index in [-0.39, 0.29) is 0 Å². The van der Waals surface area contributed by atoms with Crippen molar-refractivity contribution in [1.82, 2.24) is 4.98 Å². The molecule has 15 heavy (non-hydrogen) atoms. The lowest BCUT2D eigenvalue weighted by Gasteiger charge is -2.23. The molecule has 2 heterocycles. The molecule has 1 N–H and O–H groups in total. The molecule has 0 aliphatic carbocycles. The molecule has 0 radical (unpaired) electrons. The zero-order valence-electron chi connectivity index (χ0n) is 8.57. The van der Waals surface area contributed by atoms with E-state index in [0.29, 0.717) is 6.04 Å². The van der Waals surface area contributed by atoms with Crippen LogP contribution in [0.5, 0.6) is 0 Å². The first kappa shape index (κ1) is 10.0. The Bertz CT molecular complexity index is 364. The fraction of sp³-hybridized carbons (Fsp3) is 0.417. The SMILES string of the molecule is C#Cc1cccnc1NC1CCOCC1. The molecule has 1 aliphatic rings. The van der Waals surface area contributed by atoms with Gasteiger partial charge >= 0.3 is 0 Å². The average molecular weight is 202 g/mol. The molecule has 1 aromatic heterocycles. The standard InChI is InChI=1S/C12H14N2O/c1-2-10-4-3-7-13-12(10)14-11-5-8-15-9-6-11/h1,3-4,7,11H,5-6,8-9H2,(H,13,14). The van der Waals surface area contributed by atoms with E-state index in [1.807, 2.05) is 12.1 Å². The van der Waals surface area contributed by atoms with Gasteiger partial charge in [-0.15, -0.1) is 6.42 Å². The van der Waals surface area contributed by atoms with E-state index in [1.54, 1.807) is 6.20 Å². The summed E-state index contributed by atoms with van der Waals surface area (Å²) in [7, 11) is 0. The maximum atomic E-state index is 5.40. The van der Waals surface area contributed by atoms with Crippen LogP contribution in [0.4, 0.5) is 5.82 Å². The van der Waals surface area contributed by atoms with E-state index >= 15 is 0 Å². The number of rotatable bonds is 2. The lowest BCUT2D eigenvalue weighted by molar-refractivity contribution is 0.0904. The molecule has 1 aromatic rings. The van der Waals surface area contributed by atoms with Crippen molar-refractivity contribution in [2.75, 3.05) is 18.5 Å². The summed E-state index contributed by atoms with van der Waals surface area (Å²) in [5.41, 5.74) is 0.823. The Kier molecular flexibility index (Phi) is 3.21. The van der Waals surface area contributed by atoms with Gasteiger partial charge in [-0.25, -0.2) is 4.98 Å². The highest BCUT2D eigenvalue weighted by Gasteiger charge is 2.14. The van der Waals surface area contributed by atoms with E-state index in [0.717, 1.165) is 37.4 Å². The average Bonchev–Trinajstić information content (AvgIpc) is 2.31. The van der Waals surface area contributed by atoms with E-state index < -0.39 is 0 Å². The van der Waals surface area contributed by atoms with Crippen LogP contribution >= 0.6 is 0 Å². The van der Waals surface area contributed by atoms with E-state index in [1.165, 1.54) is 0 Å². The number of nitrogens with one attached hydrogen (secondary N) is 1. The molecule has 0 unspecified atom stereocenters. The smallest absolute Gasteiger partial charge is 0.141 e. The first-order valence-electron chi connectivity index (χ1n) is 5.16. The van der Waals surface area contributed by atoms with Crippen molar-refractivity contribution in [2.45, 2.75) is 18.9 Å². The van der Waals surface area contributed by atoms with Gasteiger partial charge in [-0.1, -0.05) is 5.92 Å². The molecule has 0 aromatic carbocycles. The van der Waals surface area contributed by atoms with Gasteiger partial charge in [0.2, 0.25) is 0 Å². The van der Waals surface area contributed by atoms with Crippen LogP contribution in [-0.2, 0) is 4.74 Å². The third kappa shape index (κ3) is 2.48. The first-order chi connectivity index (χ1) is 7.40. The van der Waals surface area contributed by atoms with Crippen molar-refractivity contribution in [3.63, 3.8) is 0 Å². The predicted molar refractivity (Wildman–Crippen MR) is 59.6 cm³/mol. The van der Waals surface area contributed by atoms with Crippen molar-refractivity contribution in [3.05, 3.63) is 23.9 Å². The molecule has 0 amide bonds. The van der Waals surface area contributed by atoms with Gasteiger partial charge in [0.15, 0.2) is 0 Å². The summed E-state index contributed by atoms with van der Waals surface area (Å²) in [6.45, 7) is 1.63. The van der Waals surface area contributed by atoms with Gasteiger partial charge in [0.25, 0.3) is 0 Å². The number of aromatic nitrogens is 1. The fourth-order valence-corrected chi connectivity index (χ4v) is 1.67. The number of hydrogen-bond acceptors (Lipinski definition) is 3. The van der Waals surface area contributed by atoms with Gasteiger partial charge in [0.05, 0.1) is 5.56 Å². The summed E-state index contributed by atoms with van der Waals surface area (Å²) in [4.78, 5) is 4.25. The Morgan fingerprint density at radius 1 is 1.47 bits per heavy atom. The fourth-order valence-electron chi connectivity index (χ4n) is 1.67. The Hall–Kier alpha value is -1.53. The van der Waals surface area contributed by atoms with Gasteiger partial charge in [0, 0.05) is 25.5 Å². The van der Waals surface area contributed by atoms with Crippen LogP contribution in [-0.4, -0.2) is 24.2 Å². The van der Waals surface area contributed by atoms with Gasteiger partial charge in [0.1, 0.15) is 5.82 Å². The quantitative estimate of drug-likeness (QED) is 0.740. The van der Waals surface area contributed by atoms with Crippen LogP contribution in [0.1, 0.15) is 18.4 Å². The molecule has 0 saturated carbocycles. The first-order valence-corrected chi connectivity index (χ1v) is 5.16. The third-order valence-electron chi connectivity index (χ3n) is 2.53. The summed E-state index contributed by atoms with van der Waals surface area (Å²) < 4.78 is 5.29. The molecule has 1 saturated heterocycles. The molecule has 3 nitrogen and oxygen atoms in total. The maximum absolute atomic E-state index is 5.40. The highest BCUT2D eigenvalue weighted by molar-refractivity contribution is 5.53. The largest absolute Gasteiger partial charge is 0.381 e.